The van der Waals surface area contributed by atoms with Gasteiger partial charge in [0.05, 0.1) is 0 Å². The lowest BCUT2D eigenvalue weighted by Crippen LogP contribution is -1.92. The third-order valence-electron chi connectivity index (χ3n) is 3.00. The molecule has 1 heteroatoms. The van der Waals surface area contributed by atoms with Gasteiger partial charge in [0.2, 0.25) is 0 Å². The molecule has 1 aromatic carbocycles. The fourth-order valence-electron chi connectivity index (χ4n) is 2.08. The van der Waals surface area contributed by atoms with Crippen LogP contribution in [0.15, 0.2) is 28.7 Å². The van der Waals surface area contributed by atoms with E-state index in [1.165, 1.54) is 16.5 Å². The fourth-order valence-corrected chi connectivity index (χ4v) is 2.66. The average Bonchev–Trinajstić information content (AvgIpc) is 2.84. The van der Waals surface area contributed by atoms with Crippen molar-refractivity contribution in [3.8, 4) is 0 Å². The molecular formula is C12H15Br. The van der Waals surface area contributed by atoms with Gasteiger partial charge >= 0.3 is 0 Å². The maximum atomic E-state index is 3.61. The van der Waals surface area contributed by atoms with Gasteiger partial charge < -0.3 is 0 Å². The lowest BCUT2D eigenvalue weighted by Gasteiger charge is -2.05. The summed E-state index contributed by atoms with van der Waals surface area (Å²) in [5.41, 5.74) is 1.50. The first-order valence-corrected chi connectivity index (χ1v) is 5.74. The molecule has 0 aromatic heterocycles. The van der Waals surface area contributed by atoms with E-state index in [0.717, 1.165) is 17.8 Å². The summed E-state index contributed by atoms with van der Waals surface area (Å²) in [6.45, 7) is 4.64. The molecule has 1 aliphatic rings. The summed E-state index contributed by atoms with van der Waals surface area (Å²) in [6, 6.07) is 8.61. The number of halogens is 1. The molecule has 0 radical (unpaired) electrons. The summed E-state index contributed by atoms with van der Waals surface area (Å²) < 4.78 is 1.28. The largest absolute Gasteiger partial charge is 0.0625 e. The van der Waals surface area contributed by atoms with E-state index in [4.69, 9.17) is 0 Å². The van der Waals surface area contributed by atoms with E-state index in [2.05, 4.69) is 54.0 Å². The molecule has 0 heterocycles. The van der Waals surface area contributed by atoms with Crippen LogP contribution in [-0.2, 0) is 0 Å². The van der Waals surface area contributed by atoms with Crippen LogP contribution in [0.4, 0.5) is 0 Å². The van der Waals surface area contributed by atoms with E-state index in [0.29, 0.717) is 0 Å². The van der Waals surface area contributed by atoms with Gasteiger partial charge in [0.25, 0.3) is 0 Å². The Kier molecular flexibility index (Phi) is 2.46. The SMILES string of the molecule is CC(C)[C@H]1C[C@H]1c1ccccc1Br. The molecule has 0 unspecified atom stereocenters. The van der Waals surface area contributed by atoms with Crippen molar-refractivity contribution in [1.29, 1.82) is 0 Å². The van der Waals surface area contributed by atoms with Crippen LogP contribution in [-0.4, -0.2) is 0 Å². The molecule has 13 heavy (non-hydrogen) atoms. The van der Waals surface area contributed by atoms with Crippen molar-refractivity contribution in [3.63, 3.8) is 0 Å². The van der Waals surface area contributed by atoms with E-state index < -0.39 is 0 Å². The Morgan fingerprint density at radius 2 is 2.00 bits per heavy atom. The highest BCUT2D eigenvalue weighted by atomic mass is 79.9. The van der Waals surface area contributed by atoms with Crippen molar-refractivity contribution in [2.45, 2.75) is 26.2 Å². The minimum Gasteiger partial charge on any atom is -0.0625 e. The molecule has 70 valence electrons. The molecular weight excluding hydrogens is 224 g/mol. The van der Waals surface area contributed by atoms with E-state index in [1.807, 2.05) is 0 Å². The van der Waals surface area contributed by atoms with Crippen LogP contribution in [0.3, 0.4) is 0 Å². The highest BCUT2D eigenvalue weighted by Gasteiger charge is 2.40. The van der Waals surface area contributed by atoms with Crippen LogP contribution >= 0.6 is 15.9 Å². The normalized spacial score (nSPS) is 26.5. The van der Waals surface area contributed by atoms with Crippen LogP contribution in [0.25, 0.3) is 0 Å². The summed E-state index contributed by atoms with van der Waals surface area (Å²) in [5.74, 6) is 2.56. The molecule has 0 spiro atoms. The minimum absolute atomic E-state index is 0.815. The van der Waals surface area contributed by atoms with Gasteiger partial charge in [-0.3, -0.25) is 0 Å². The van der Waals surface area contributed by atoms with Gasteiger partial charge in [0.1, 0.15) is 0 Å². The van der Waals surface area contributed by atoms with Crippen molar-refractivity contribution in [1.82, 2.24) is 0 Å². The van der Waals surface area contributed by atoms with Gasteiger partial charge in [-0.05, 0) is 35.8 Å². The van der Waals surface area contributed by atoms with Gasteiger partial charge in [0.15, 0.2) is 0 Å². The van der Waals surface area contributed by atoms with Crippen LogP contribution in [0.5, 0.6) is 0 Å². The molecule has 0 aliphatic heterocycles. The summed E-state index contributed by atoms with van der Waals surface area (Å²) in [5, 5.41) is 0. The standard InChI is InChI=1S/C12H15Br/c1-8(2)10-7-11(10)9-5-3-4-6-12(9)13/h3-6,8,10-11H,7H2,1-2H3/t10-,11+/m1/s1. The first-order valence-electron chi connectivity index (χ1n) is 4.94. The van der Waals surface area contributed by atoms with Crippen LogP contribution in [0, 0.1) is 11.8 Å². The van der Waals surface area contributed by atoms with E-state index >= 15 is 0 Å². The van der Waals surface area contributed by atoms with Crippen molar-refractivity contribution in [2.24, 2.45) is 11.8 Å². The third-order valence-corrected chi connectivity index (χ3v) is 3.72. The van der Waals surface area contributed by atoms with Gasteiger partial charge in [-0.2, -0.15) is 0 Å². The van der Waals surface area contributed by atoms with Crippen molar-refractivity contribution >= 4 is 15.9 Å². The number of rotatable bonds is 2. The molecule has 0 bridgehead atoms. The molecule has 2 rings (SSSR count). The zero-order valence-corrected chi connectivity index (χ0v) is 9.71. The Balaban J connectivity index is 2.16. The molecule has 0 saturated heterocycles. The second-order valence-electron chi connectivity index (χ2n) is 4.27. The minimum atomic E-state index is 0.815. The maximum absolute atomic E-state index is 3.61. The van der Waals surface area contributed by atoms with E-state index in [1.54, 1.807) is 0 Å². The predicted molar refractivity (Wildman–Crippen MR) is 59.8 cm³/mol. The lowest BCUT2D eigenvalue weighted by molar-refractivity contribution is 0.548. The maximum Gasteiger partial charge on any atom is 0.0210 e. The monoisotopic (exact) mass is 238 g/mol. The number of hydrogen-bond donors (Lipinski definition) is 0. The van der Waals surface area contributed by atoms with Crippen molar-refractivity contribution in [2.75, 3.05) is 0 Å². The molecule has 0 amide bonds. The highest BCUT2D eigenvalue weighted by Crippen LogP contribution is 2.53. The Morgan fingerprint density at radius 1 is 1.31 bits per heavy atom. The van der Waals surface area contributed by atoms with Crippen LogP contribution < -0.4 is 0 Å². The van der Waals surface area contributed by atoms with Crippen molar-refractivity contribution in [3.05, 3.63) is 34.3 Å². The van der Waals surface area contributed by atoms with Crippen LogP contribution in [0.2, 0.25) is 0 Å². The van der Waals surface area contributed by atoms with Gasteiger partial charge in [-0.15, -0.1) is 0 Å². The molecule has 0 nitrogen and oxygen atoms in total. The highest BCUT2D eigenvalue weighted by molar-refractivity contribution is 9.10. The van der Waals surface area contributed by atoms with E-state index in [-0.39, 0.29) is 0 Å². The second-order valence-corrected chi connectivity index (χ2v) is 5.13. The summed E-state index contributed by atoms with van der Waals surface area (Å²) >= 11 is 3.61. The smallest absolute Gasteiger partial charge is 0.0210 e. The lowest BCUT2D eigenvalue weighted by atomic mass is 10.0. The molecule has 1 fully saturated rings. The Hall–Kier alpha value is -0.300. The topological polar surface area (TPSA) is 0 Å². The quantitative estimate of drug-likeness (QED) is 0.725. The number of hydrogen-bond acceptors (Lipinski definition) is 0. The first kappa shape index (κ1) is 9.26. The average molecular weight is 239 g/mol. The van der Waals surface area contributed by atoms with Gasteiger partial charge in [-0.25, -0.2) is 0 Å². The molecule has 0 N–H and O–H groups in total. The number of benzene rings is 1. The Morgan fingerprint density at radius 3 is 2.54 bits per heavy atom. The Labute approximate surface area is 88.5 Å². The molecule has 1 aromatic rings. The first-order chi connectivity index (χ1) is 6.20. The van der Waals surface area contributed by atoms with Gasteiger partial charge in [-0.1, -0.05) is 48.0 Å². The third kappa shape index (κ3) is 1.80. The molecule has 2 atom stereocenters. The van der Waals surface area contributed by atoms with Crippen molar-refractivity contribution < 1.29 is 0 Å². The molecule has 1 saturated carbocycles. The summed E-state index contributed by atoms with van der Waals surface area (Å²) in [7, 11) is 0. The van der Waals surface area contributed by atoms with E-state index in [9.17, 15) is 0 Å². The zero-order chi connectivity index (χ0) is 9.42. The van der Waals surface area contributed by atoms with Gasteiger partial charge in [0, 0.05) is 4.47 Å². The predicted octanol–water partition coefficient (Wildman–Crippen LogP) is 4.21. The molecule has 1 aliphatic carbocycles. The zero-order valence-electron chi connectivity index (χ0n) is 8.13. The van der Waals surface area contributed by atoms with Crippen LogP contribution in [0.1, 0.15) is 31.7 Å². The summed E-state index contributed by atoms with van der Waals surface area (Å²) in [6.07, 6.45) is 1.38. The second kappa shape index (κ2) is 3.45. The fraction of sp³-hybridized carbons (Fsp3) is 0.500. The Bertz CT molecular complexity index is 304. The summed E-state index contributed by atoms with van der Waals surface area (Å²) in [4.78, 5) is 0.